The van der Waals surface area contributed by atoms with Crippen molar-refractivity contribution in [1.29, 1.82) is 0 Å². The van der Waals surface area contributed by atoms with Gasteiger partial charge in [-0.1, -0.05) is 0 Å². The second-order valence-corrected chi connectivity index (χ2v) is 7.54. The van der Waals surface area contributed by atoms with E-state index < -0.39 is 0 Å². The highest BCUT2D eigenvalue weighted by Crippen LogP contribution is 2.57. The van der Waals surface area contributed by atoms with Crippen LogP contribution in [0.15, 0.2) is 16.8 Å². The molecule has 0 saturated heterocycles. The van der Waals surface area contributed by atoms with Crippen LogP contribution in [-0.2, 0) is 6.42 Å². The molecule has 1 heterocycles. The van der Waals surface area contributed by atoms with E-state index in [4.69, 9.17) is 0 Å². The Hall–Kier alpha value is -0.300. The molecule has 0 unspecified atom stereocenters. The van der Waals surface area contributed by atoms with E-state index in [1.165, 1.54) is 12.8 Å². The fraction of sp³-hybridized carbons (Fsp3) is 0.750. The van der Waals surface area contributed by atoms with Crippen LogP contribution in [0.5, 0.6) is 0 Å². The molecule has 4 aliphatic carbocycles. The Balaban J connectivity index is 1.44. The van der Waals surface area contributed by atoms with Crippen molar-refractivity contribution in [1.82, 2.24) is 0 Å². The summed E-state index contributed by atoms with van der Waals surface area (Å²) >= 11 is 1.85. The van der Waals surface area contributed by atoms with Gasteiger partial charge < -0.3 is 0 Å². The minimum absolute atomic E-state index is 1.09. The molecule has 0 aromatic carbocycles. The molecular formula is C16H22S. The highest BCUT2D eigenvalue weighted by Gasteiger charge is 2.47. The Morgan fingerprint density at radius 3 is 2.29 bits per heavy atom. The first-order chi connectivity index (χ1) is 8.38. The predicted octanol–water partition coefficient (Wildman–Crippen LogP) is 4.75. The maximum atomic E-state index is 2.34. The lowest BCUT2D eigenvalue weighted by molar-refractivity contribution is -0.0394. The largest absolute Gasteiger partial charge is 0.152 e. The quantitative estimate of drug-likeness (QED) is 0.722. The summed E-state index contributed by atoms with van der Waals surface area (Å²) in [6, 6.07) is 2.32. The molecule has 0 radical (unpaired) electrons. The molecule has 0 N–H and O–H groups in total. The first-order valence-electron chi connectivity index (χ1n) is 7.39. The molecule has 0 nitrogen and oxygen atoms in total. The third-order valence-electron chi connectivity index (χ3n) is 5.77. The third kappa shape index (κ3) is 1.87. The highest BCUT2D eigenvalue weighted by molar-refractivity contribution is 7.07. The van der Waals surface area contributed by atoms with Crippen molar-refractivity contribution in [3.8, 4) is 0 Å². The van der Waals surface area contributed by atoms with Crippen molar-refractivity contribution in [2.45, 2.75) is 44.9 Å². The van der Waals surface area contributed by atoms with Gasteiger partial charge in [0.2, 0.25) is 0 Å². The van der Waals surface area contributed by atoms with Gasteiger partial charge in [0, 0.05) is 0 Å². The van der Waals surface area contributed by atoms with E-state index in [2.05, 4.69) is 16.8 Å². The zero-order chi connectivity index (χ0) is 11.2. The maximum absolute atomic E-state index is 2.34. The van der Waals surface area contributed by atoms with Crippen molar-refractivity contribution in [3.05, 3.63) is 22.4 Å². The van der Waals surface area contributed by atoms with Crippen LogP contribution in [-0.4, -0.2) is 0 Å². The van der Waals surface area contributed by atoms with E-state index in [1.54, 1.807) is 37.7 Å². The molecule has 0 aliphatic heterocycles. The van der Waals surface area contributed by atoms with Crippen LogP contribution in [0.4, 0.5) is 0 Å². The average Bonchev–Trinajstić information content (AvgIpc) is 2.80. The monoisotopic (exact) mass is 246 g/mol. The molecule has 4 aliphatic rings. The predicted molar refractivity (Wildman–Crippen MR) is 73.2 cm³/mol. The van der Waals surface area contributed by atoms with E-state index >= 15 is 0 Å². The summed E-state index contributed by atoms with van der Waals surface area (Å²) in [7, 11) is 0. The summed E-state index contributed by atoms with van der Waals surface area (Å²) in [5.41, 5.74) is 1.59. The van der Waals surface area contributed by atoms with Crippen LogP contribution >= 0.6 is 11.3 Å². The third-order valence-corrected chi connectivity index (χ3v) is 6.50. The van der Waals surface area contributed by atoms with Gasteiger partial charge in [-0.3, -0.25) is 0 Å². The number of hydrogen-bond acceptors (Lipinski definition) is 1. The molecule has 0 spiro atoms. The molecule has 0 atom stereocenters. The Kier molecular flexibility index (Phi) is 2.57. The van der Waals surface area contributed by atoms with Crippen LogP contribution in [0.3, 0.4) is 0 Å². The van der Waals surface area contributed by atoms with E-state index in [0.717, 1.165) is 29.6 Å². The van der Waals surface area contributed by atoms with Crippen LogP contribution in [0, 0.1) is 29.6 Å². The van der Waals surface area contributed by atoms with Gasteiger partial charge in [-0.25, -0.2) is 0 Å². The van der Waals surface area contributed by atoms with Gasteiger partial charge in [0.15, 0.2) is 0 Å². The summed E-state index contributed by atoms with van der Waals surface area (Å²) in [6.45, 7) is 0. The SMILES string of the molecule is c1cc(CCC2C3CC4CC(C3)CC2C4)cs1. The van der Waals surface area contributed by atoms with Gasteiger partial charge in [0.25, 0.3) is 0 Å². The minimum Gasteiger partial charge on any atom is -0.152 e. The van der Waals surface area contributed by atoms with E-state index in [0.29, 0.717) is 0 Å². The summed E-state index contributed by atoms with van der Waals surface area (Å²) < 4.78 is 0. The van der Waals surface area contributed by atoms with Crippen LogP contribution < -0.4 is 0 Å². The molecule has 5 rings (SSSR count). The molecule has 1 aromatic rings. The lowest BCUT2D eigenvalue weighted by Gasteiger charge is -2.54. The number of aryl methyl sites for hydroxylation is 1. The summed E-state index contributed by atoms with van der Waals surface area (Å²) in [6.07, 6.45) is 10.7. The second kappa shape index (κ2) is 4.12. The lowest BCUT2D eigenvalue weighted by Crippen LogP contribution is -2.45. The van der Waals surface area contributed by atoms with Gasteiger partial charge in [-0.2, -0.15) is 11.3 Å². The molecule has 1 heteroatoms. The molecule has 92 valence electrons. The lowest BCUT2D eigenvalue weighted by atomic mass is 9.51. The summed E-state index contributed by atoms with van der Waals surface area (Å²) in [5, 5.41) is 4.57. The van der Waals surface area contributed by atoms with Crippen LogP contribution in [0.2, 0.25) is 0 Å². The van der Waals surface area contributed by atoms with Gasteiger partial charge in [0.05, 0.1) is 0 Å². The molecule has 1 aromatic heterocycles. The topological polar surface area (TPSA) is 0 Å². The average molecular weight is 246 g/mol. The Labute approximate surface area is 108 Å². The second-order valence-electron chi connectivity index (χ2n) is 6.76. The Morgan fingerprint density at radius 2 is 1.71 bits per heavy atom. The molecule has 4 bridgehead atoms. The van der Waals surface area contributed by atoms with E-state index in [-0.39, 0.29) is 0 Å². The van der Waals surface area contributed by atoms with Gasteiger partial charge in [-0.05, 0) is 96.9 Å². The zero-order valence-electron chi connectivity index (χ0n) is 10.5. The van der Waals surface area contributed by atoms with E-state index in [9.17, 15) is 0 Å². The molecule has 4 fully saturated rings. The van der Waals surface area contributed by atoms with Crippen molar-refractivity contribution in [2.75, 3.05) is 0 Å². The van der Waals surface area contributed by atoms with Crippen LogP contribution in [0.1, 0.15) is 44.1 Å². The Morgan fingerprint density at radius 1 is 1.00 bits per heavy atom. The first-order valence-corrected chi connectivity index (χ1v) is 8.34. The first kappa shape index (κ1) is 10.6. The maximum Gasteiger partial charge on any atom is -0.00613 e. The smallest absolute Gasteiger partial charge is 0.00613 e. The molecule has 4 saturated carbocycles. The number of hydrogen-bond donors (Lipinski definition) is 0. The van der Waals surface area contributed by atoms with Crippen molar-refractivity contribution >= 4 is 11.3 Å². The zero-order valence-corrected chi connectivity index (χ0v) is 11.3. The van der Waals surface area contributed by atoms with Crippen molar-refractivity contribution in [2.24, 2.45) is 29.6 Å². The fourth-order valence-electron chi connectivity index (χ4n) is 5.28. The number of rotatable bonds is 3. The van der Waals surface area contributed by atoms with Crippen molar-refractivity contribution in [3.63, 3.8) is 0 Å². The standard InChI is InChI=1S/C16H22S/c1(11-3-4-17-10-11)2-16-14-6-12-5-13(8-14)9-15(16)7-12/h3-4,10,12-16H,1-2,5-9H2. The number of thiophene rings is 1. The summed E-state index contributed by atoms with van der Waals surface area (Å²) in [5.74, 6) is 5.59. The van der Waals surface area contributed by atoms with Gasteiger partial charge in [0.1, 0.15) is 0 Å². The summed E-state index contributed by atoms with van der Waals surface area (Å²) in [4.78, 5) is 0. The van der Waals surface area contributed by atoms with Crippen LogP contribution in [0.25, 0.3) is 0 Å². The van der Waals surface area contributed by atoms with Gasteiger partial charge >= 0.3 is 0 Å². The van der Waals surface area contributed by atoms with Gasteiger partial charge in [-0.15, -0.1) is 0 Å². The minimum atomic E-state index is 1.09. The highest BCUT2D eigenvalue weighted by atomic mass is 32.1. The molecular weight excluding hydrogens is 224 g/mol. The normalized spacial score (nSPS) is 43.2. The van der Waals surface area contributed by atoms with E-state index in [1.807, 2.05) is 11.3 Å². The molecule has 0 amide bonds. The fourth-order valence-corrected chi connectivity index (χ4v) is 5.98. The Bertz CT molecular complexity index is 350. The molecule has 17 heavy (non-hydrogen) atoms. The van der Waals surface area contributed by atoms with Crippen molar-refractivity contribution < 1.29 is 0 Å².